The first kappa shape index (κ1) is 16.3. The summed E-state index contributed by atoms with van der Waals surface area (Å²) in [6, 6.07) is 13.4. The Morgan fingerprint density at radius 1 is 1.15 bits per heavy atom. The van der Waals surface area contributed by atoms with Crippen LogP contribution in [0.25, 0.3) is 17.2 Å². The number of carbonyl (C=O) groups excluding carboxylic acids is 1. The van der Waals surface area contributed by atoms with E-state index in [0.717, 1.165) is 0 Å². The maximum absolute atomic E-state index is 13.8. The molecule has 8 heteroatoms. The molecule has 1 amide bonds. The molecule has 4 rings (SSSR count). The van der Waals surface area contributed by atoms with Gasteiger partial charge in [0.2, 0.25) is 0 Å². The Labute approximate surface area is 152 Å². The van der Waals surface area contributed by atoms with E-state index in [-0.39, 0.29) is 23.0 Å². The summed E-state index contributed by atoms with van der Waals surface area (Å²) in [6.07, 6.45) is 1.84. The van der Waals surface area contributed by atoms with Gasteiger partial charge in [0, 0.05) is 23.3 Å². The quantitative estimate of drug-likeness (QED) is 0.578. The molecule has 3 aromatic heterocycles. The van der Waals surface area contributed by atoms with Crippen LogP contribution in [-0.2, 0) is 6.54 Å². The first-order valence-corrected chi connectivity index (χ1v) is 8.21. The predicted molar refractivity (Wildman–Crippen MR) is 95.4 cm³/mol. The Hall–Kier alpha value is -3.19. The Kier molecular flexibility index (Phi) is 4.14. The molecule has 0 saturated carbocycles. The lowest BCUT2D eigenvalue weighted by Crippen LogP contribution is -2.23. The van der Waals surface area contributed by atoms with E-state index in [1.807, 2.05) is 28.8 Å². The number of halogens is 2. The zero-order chi connectivity index (χ0) is 18.1. The molecule has 0 aliphatic heterocycles. The van der Waals surface area contributed by atoms with Crippen LogP contribution in [0.1, 0.15) is 16.1 Å². The van der Waals surface area contributed by atoms with Crippen LogP contribution in [0.2, 0.25) is 5.02 Å². The average Bonchev–Trinajstić information content (AvgIpc) is 3.28. The van der Waals surface area contributed by atoms with Crippen molar-refractivity contribution in [1.82, 2.24) is 24.9 Å². The van der Waals surface area contributed by atoms with E-state index < -0.39 is 5.82 Å². The van der Waals surface area contributed by atoms with Gasteiger partial charge in [0.15, 0.2) is 11.5 Å². The minimum absolute atomic E-state index is 0.00738. The number of fused-ring (bicyclic) bond motifs is 1. The fourth-order valence-corrected chi connectivity index (χ4v) is 2.88. The molecule has 4 aromatic rings. The molecular weight excluding hydrogens is 357 g/mol. The van der Waals surface area contributed by atoms with E-state index in [0.29, 0.717) is 22.9 Å². The van der Waals surface area contributed by atoms with Crippen molar-refractivity contribution in [3.8, 4) is 11.5 Å². The molecule has 0 saturated heterocycles. The van der Waals surface area contributed by atoms with E-state index in [1.165, 1.54) is 12.1 Å². The van der Waals surface area contributed by atoms with Crippen LogP contribution in [0.3, 0.4) is 0 Å². The predicted octanol–water partition coefficient (Wildman–Crippen LogP) is 3.45. The standard InChI is InChI=1S/C18H13ClFN5O/c19-12-4-3-5-13(20)11(12)10-21-18(26)15-8-7-14(22-15)17-24-23-16-6-1-2-9-25(16)17/h1-9,22H,10H2,(H,21,26). The second kappa shape index (κ2) is 6.61. The molecule has 0 atom stereocenters. The summed E-state index contributed by atoms with van der Waals surface area (Å²) in [7, 11) is 0. The van der Waals surface area contributed by atoms with Crippen LogP contribution in [0.15, 0.2) is 54.7 Å². The van der Waals surface area contributed by atoms with Gasteiger partial charge in [0.25, 0.3) is 5.91 Å². The van der Waals surface area contributed by atoms with Crippen molar-refractivity contribution in [3.63, 3.8) is 0 Å². The number of H-pyrrole nitrogens is 1. The van der Waals surface area contributed by atoms with Crippen molar-refractivity contribution in [2.24, 2.45) is 0 Å². The summed E-state index contributed by atoms with van der Waals surface area (Å²) in [5.41, 5.74) is 1.94. The second-order valence-corrected chi connectivity index (χ2v) is 6.03. The molecule has 1 aromatic carbocycles. The van der Waals surface area contributed by atoms with Gasteiger partial charge in [-0.05, 0) is 36.4 Å². The minimum Gasteiger partial charge on any atom is -0.348 e. The number of amides is 1. The van der Waals surface area contributed by atoms with Gasteiger partial charge >= 0.3 is 0 Å². The molecule has 0 spiro atoms. The zero-order valence-corrected chi connectivity index (χ0v) is 14.2. The number of aromatic nitrogens is 4. The Morgan fingerprint density at radius 3 is 2.88 bits per heavy atom. The maximum atomic E-state index is 13.8. The van der Waals surface area contributed by atoms with Crippen molar-refractivity contribution in [2.75, 3.05) is 0 Å². The topological polar surface area (TPSA) is 75.1 Å². The molecule has 0 aliphatic rings. The van der Waals surface area contributed by atoms with Gasteiger partial charge < -0.3 is 10.3 Å². The van der Waals surface area contributed by atoms with E-state index in [9.17, 15) is 9.18 Å². The van der Waals surface area contributed by atoms with Gasteiger partial charge in [-0.1, -0.05) is 23.7 Å². The monoisotopic (exact) mass is 369 g/mol. The first-order chi connectivity index (χ1) is 12.6. The SMILES string of the molecule is O=C(NCc1c(F)cccc1Cl)c1ccc(-c2nnc3ccccn23)[nH]1. The average molecular weight is 370 g/mol. The summed E-state index contributed by atoms with van der Waals surface area (Å²) < 4.78 is 15.6. The third kappa shape index (κ3) is 2.93. The van der Waals surface area contributed by atoms with Crippen molar-refractivity contribution >= 4 is 23.2 Å². The highest BCUT2D eigenvalue weighted by molar-refractivity contribution is 6.31. The molecular formula is C18H13ClFN5O. The van der Waals surface area contributed by atoms with Crippen LogP contribution in [0.5, 0.6) is 0 Å². The molecule has 130 valence electrons. The van der Waals surface area contributed by atoms with Crippen LogP contribution in [-0.4, -0.2) is 25.5 Å². The molecule has 0 radical (unpaired) electrons. The molecule has 6 nitrogen and oxygen atoms in total. The minimum atomic E-state index is -0.458. The van der Waals surface area contributed by atoms with Crippen LogP contribution in [0.4, 0.5) is 4.39 Å². The third-order valence-corrected chi connectivity index (χ3v) is 4.33. The van der Waals surface area contributed by atoms with E-state index in [1.54, 1.807) is 18.2 Å². The van der Waals surface area contributed by atoms with Gasteiger partial charge in [-0.25, -0.2) is 4.39 Å². The van der Waals surface area contributed by atoms with Crippen LogP contribution < -0.4 is 5.32 Å². The molecule has 0 aliphatic carbocycles. The van der Waals surface area contributed by atoms with Gasteiger partial charge in [-0.3, -0.25) is 9.20 Å². The highest BCUT2D eigenvalue weighted by atomic mass is 35.5. The number of nitrogens with zero attached hydrogens (tertiary/aromatic N) is 3. The maximum Gasteiger partial charge on any atom is 0.267 e. The molecule has 0 unspecified atom stereocenters. The van der Waals surface area contributed by atoms with Gasteiger partial charge in [0.05, 0.1) is 5.69 Å². The van der Waals surface area contributed by atoms with E-state index in [2.05, 4.69) is 20.5 Å². The normalized spacial score (nSPS) is 11.0. The second-order valence-electron chi connectivity index (χ2n) is 5.62. The van der Waals surface area contributed by atoms with Crippen molar-refractivity contribution < 1.29 is 9.18 Å². The molecule has 26 heavy (non-hydrogen) atoms. The molecule has 3 heterocycles. The summed E-state index contributed by atoms with van der Waals surface area (Å²) in [6.45, 7) is -0.00738. The highest BCUT2D eigenvalue weighted by Crippen LogP contribution is 2.20. The summed E-state index contributed by atoms with van der Waals surface area (Å²) in [4.78, 5) is 15.3. The Balaban J connectivity index is 1.53. The Morgan fingerprint density at radius 2 is 2.04 bits per heavy atom. The van der Waals surface area contributed by atoms with E-state index >= 15 is 0 Å². The zero-order valence-electron chi connectivity index (χ0n) is 13.4. The number of pyridine rings is 1. The van der Waals surface area contributed by atoms with Crippen molar-refractivity contribution in [2.45, 2.75) is 6.54 Å². The number of hydrogen-bond donors (Lipinski definition) is 2. The third-order valence-electron chi connectivity index (χ3n) is 3.97. The van der Waals surface area contributed by atoms with Gasteiger partial charge in [0.1, 0.15) is 11.5 Å². The van der Waals surface area contributed by atoms with Crippen LogP contribution >= 0.6 is 11.6 Å². The summed E-state index contributed by atoms with van der Waals surface area (Å²) in [5.74, 6) is -0.235. The number of rotatable bonds is 4. The fourth-order valence-electron chi connectivity index (χ4n) is 2.65. The summed E-state index contributed by atoms with van der Waals surface area (Å²) in [5, 5.41) is 11.1. The lowest BCUT2D eigenvalue weighted by molar-refractivity contribution is 0.0946. The van der Waals surface area contributed by atoms with Crippen LogP contribution in [0, 0.1) is 5.82 Å². The largest absolute Gasteiger partial charge is 0.348 e. The smallest absolute Gasteiger partial charge is 0.267 e. The van der Waals surface area contributed by atoms with Crippen molar-refractivity contribution in [1.29, 1.82) is 0 Å². The summed E-state index contributed by atoms with van der Waals surface area (Å²) >= 11 is 5.97. The molecule has 0 fully saturated rings. The fraction of sp³-hybridized carbons (Fsp3) is 0.0556. The molecule has 2 N–H and O–H groups in total. The number of nitrogens with one attached hydrogen (secondary N) is 2. The first-order valence-electron chi connectivity index (χ1n) is 7.84. The number of aromatic amines is 1. The van der Waals surface area contributed by atoms with Gasteiger partial charge in [-0.15, -0.1) is 10.2 Å². The van der Waals surface area contributed by atoms with Gasteiger partial charge in [-0.2, -0.15) is 0 Å². The Bertz CT molecular complexity index is 1080. The highest BCUT2D eigenvalue weighted by Gasteiger charge is 2.14. The lowest BCUT2D eigenvalue weighted by Gasteiger charge is -2.07. The molecule has 0 bridgehead atoms. The number of benzene rings is 1. The lowest BCUT2D eigenvalue weighted by atomic mass is 10.2. The number of carbonyl (C=O) groups is 1. The van der Waals surface area contributed by atoms with E-state index in [4.69, 9.17) is 11.6 Å². The van der Waals surface area contributed by atoms with Crippen molar-refractivity contribution in [3.05, 3.63) is 76.8 Å². The number of hydrogen-bond acceptors (Lipinski definition) is 3.